The summed E-state index contributed by atoms with van der Waals surface area (Å²) in [4.78, 5) is 23.5. The van der Waals surface area contributed by atoms with Crippen molar-refractivity contribution in [2.75, 3.05) is 13.2 Å². The summed E-state index contributed by atoms with van der Waals surface area (Å²) in [6, 6.07) is 3.22. The second-order valence-corrected chi connectivity index (χ2v) is 7.71. The molecule has 0 spiro atoms. The van der Waals surface area contributed by atoms with E-state index in [1.165, 1.54) is 63.9 Å². The SMILES string of the molecule is CCCCCCCCCCCCCCOC(=O)CCNC(=O)c1c(F)cccc1F. The summed E-state index contributed by atoms with van der Waals surface area (Å²) in [7, 11) is 0. The van der Waals surface area contributed by atoms with Crippen LogP contribution in [-0.2, 0) is 9.53 Å². The Balaban J connectivity index is 1.95. The number of nitrogens with one attached hydrogen (secondary N) is 1. The van der Waals surface area contributed by atoms with E-state index >= 15 is 0 Å². The second-order valence-electron chi connectivity index (χ2n) is 7.71. The first-order chi connectivity index (χ1) is 14.6. The molecular weight excluding hydrogens is 388 g/mol. The van der Waals surface area contributed by atoms with Gasteiger partial charge in [0.1, 0.15) is 17.2 Å². The highest BCUT2D eigenvalue weighted by atomic mass is 19.1. The number of halogens is 2. The molecule has 0 radical (unpaired) electrons. The van der Waals surface area contributed by atoms with Gasteiger partial charge in [0.15, 0.2) is 0 Å². The van der Waals surface area contributed by atoms with Crippen LogP contribution in [0.3, 0.4) is 0 Å². The van der Waals surface area contributed by atoms with Crippen molar-refractivity contribution in [3.63, 3.8) is 0 Å². The lowest BCUT2D eigenvalue weighted by atomic mass is 10.1. The predicted molar refractivity (Wildman–Crippen MR) is 115 cm³/mol. The summed E-state index contributed by atoms with van der Waals surface area (Å²) in [6.07, 6.45) is 14.9. The Kier molecular flexibility index (Phi) is 14.6. The number of benzene rings is 1. The molecule has 0 aromatic heterocycles. The molecular formula is C24H37F2NO3. The fourth-order valence-electron chi connectivity index (χ4n) is 3.28. The lowest BCUT2D eigenvalue weighted by molar-refractivity contribution is -0.143. The van der Waals surface area contributed by atoms with Crippen LogP contribution in [0.1, 0.15) is 101 Å². The molecule has 1 amide bonds. The van der Waals surface area contributed by atoms with Crippen LogP contribution >= 0.6 is 0 Å². The monoisotopic (exact) mass is 425 g/mol. The Morgan fingerprint density at radius 3 is 1.87 bits per heavy atom. The van der Waals surface area contributed by atoms with Gasteiger partial charge < -0.3 is 10.1 Å². The van der Waals surface area contributed by atoms with Crippen molar-refractivity contribution < 1.29 is 23.1 Å². The Bertz CT molecular complexity index is 602. The molecule has 4 nitrogen and oxygen atoms in total. The number of rotatable bonds is 17. The smallest absolute Gasteiger partial charge is 0.307 e. The van der Waals surface area contributed by atoms with E-state index in [1.807, 2.05) is 0 Å². The zero-order chi connectivity index (χ0) is 22.0. The van der Waals surface area contributed by atoms with Gasteiger partial charge in [-0.1, -0.05) is 83.6 Å². The van der Waals surface area contributed by atoms with Crippen molar-refractivity contribution in [3.8, 4) is 0 Å². The van der Waals surface area contributed by atoms with Gasteiger partial charge in [0.25, 0.3) is 5.91 Å². The van der Waals surface area contributed by atoms with Crippen LogP contribution in [-0.4, -0.2) is 25.0 Å². The van der Waals surface area contributed by atoms with Gasteiger partial charge in [0.2, 0.25) is 0 Å². The fraction of sp³-hybridized carbons (Fsp3) is 0.667. The van der Waals surface area contributed by atoms with Crippen LogP contribution in [0.5, 0.6) is 0 Å². The summed E-state index contributed by atoms with van der Waals surface area (Å²) < 4.78 is 32.1. The van der Waals surface area contributed by atoms with Gasteiger partial charge in [0.05, 0.1) is 13.0 Å². The number of carbonyl (C=O) groups is 2. The molecule has 0 aliphatic heterocycles. The molecule has 0 saturated heterocycles. The van der Waals surface area contributed by atoms with Crippen LogP contribution in [0, 0.1) is 11.6 Å². The van der Waals surface area contributed by atoms with E-state index < -0.39 is 29.1 Å². The van der Waals surface area contributed by atoms with Crippen molar-refractivity contribution in [2.24, 2.45) is 0 Å². The minimum Gasteiger partial charge on any atom is -0.466 e. The van der Waals surface area contributed by atoms with E-state index in [-0.39, 0.29) is 13.0 Å². The average molecular weight is 426 g/mol. The molecule has 0 saturated carbocycles. The highest BCUT2D eigenvalue weighted by Gasteiger charge is 2.16. The molecule has 6 heteroatoms. The first-order valence-corrected chi connectivity index (χ1v) is 11.4. The van der Waals surface area contributed by atoms with E-state index in [9.17, 15) is 18.4 Å². The fourth-order valence-corrected chi connectivity index (χ4v) is 3.28. The Morgan fingerprint density at radius 1 is 0.833 bits per heavy atom. The molecule has 1 N–H and O–H groups in total. The third-order valence-electron chi connectivity index (χ3n) is 5.07. The molecule has 1 aromatic carbocycles. The highest BCUT2D eigenvalue weighted by Crippen LogP contribution is 2.13. The van der Waals surface area contributed by atoms with Crippen LogP contribution in [0.15, 0.2) is 18.2 Å². The van der Waals surface area contributed by atoms with Crippen LogP contribution in [0.2, 0.25) is 0 Å². The summed E-state index contributed by atoms with van der Waals surface area (Å²) in [5.74, 6) is -3.16. The summed E-state index contributed by atoms with van der Waals surface area (Å²) in [5, 5.41) is 2.34. The van der Waals surface area contributed by atoms with Gasteiger partial charge in [-0.2, -0.15) is 0 Å². The maximum atomic E-state index is 13.5. The van der Waals surface area contributed by atoms with Gasteiger partial charge in [0, 0.05) is 6.54 Å². The van der Waals surface area contributed by atoms with E-state index in [0.29, 0.717) is 6.61 Å². The molecule has 170 valence electrons. The lowest BCUT2D eigenvalue weighted by Crippen LogP contribution is -2.28. The Hall–Kier alpha value is -1.98. The van der Waals surface area contributed by atoms with Gasteiger partial charge in [-0.15, -0.1) is 0 Å². The maximum absolute atomic E-state index is 13.5. The number of hydrogen-bond donors (Lipinski definition) is 1. The molecule has 0 fully saturated rings. The Labute approximate surface area is 179 Å². The third-order valence-corrected chi connectivity index (χ3v) is 5.07. The lowest BCUT2D eigenvalue weighted by Gasteiger charge is -2.08. The largest absolute Gasteiger partial charge is 0.466 e. The minimum absolute atomic E-state index is 0.0239. The molecule has 0 unspecified atom stereocenters. The number of hydrogen-bond acceptors (Lipinski definition) is 3. The van der Waals surface area contributed by atoms with Crippen LogP contribution in [0.25, 0.3) is 0 Å². The van der Waals surface area contributed by atoms with Gasteiger partial charge >= 0.3 is 5.97 Å². The van der Waals surface area contributed by atoms with E-state index in [1.54, 1.807) is 0 Å². The molecule has 0 bridgehead atoms. The van der Waals surface area contributed by atoms with Gasteiger partial charge in [-0.3, -0.25) is 9.59 Å². The highest BCUT2D eigenvalue weighted by molar-refractivity contribution is 5.94. The summed E-state index contributed by atoms with van der Waals surface area (Å²) in [6.45, 7) is 2.58. The summed E-state index contributed by atoms with van der Waals surface area (Å²) in [5.41, 5.74) is -0.637. The molecule has 1 aromatic rings. The van der Waals surface area contributed by atoms with Crippen molar-refractivity contribution in [3.05, 3.63) is 35.4 Å². The number of amides is 1. The molecule has 0 atom stereocenters. The van der Waals surface area contributed by atoms with Crippen molar-refractivity contribution >= 4 is 11.9 Å². The second kappa shape index (κ2) is 16.8. The van der Waals surface area contributed by atoms with E-state index in [2.05, 4.69) is 12.2 Å². The number of unbranched alkanes of at least 4 members (excludes halogenated alkanes) is 11. The van der Waals surface area contributed by atoms with Crippen molar-refractivity contribution in [2.45, 2.75) is 90.4 Å². The standard InChI is InChI=1S/C24H37F2NO3/c1-2-3-4-5-6-7-8-9-10-11-12-13-19-30-22(28)17-18-27-24(29)23-20(25)15-14-16-21(23)26/h14-16H,2-13,17-19H2,1H3,(H,27,29). The van der Waals surface area contributed by atoms with Crippen LogP contribution < -0.4 is 5.32 Å². The Morgan fingerprint density at radius 2 is 1.33 bits per heavy atom. The maximum Gasteiger partial charge on any atom is 0.307 e. The number of esters is 1. The van der Waals surface area contributed by atoms with Crippen LogP contribution in [0.4, 0.5) is 8.78 Å². The van der Waals surface area contributed by atoms with Gasteiger partial charge in [-0.25, -0.2) is 8.78 Å². The van der Waals surface area contributed by atoms with Crippen molar-refractivity contribution in [1.29, 1.82) is 0 Å². The molecule has 0 aliphatic carbocycles. The molecule has 1 rings (SSSR count). The first-order valence-electron chi connectivity index (χ1n) is 11.4. The number of ether oxygens (including phenoxy) is 1. The van der Waals surface area contributed by atoms with E-state index in [0.717, 1.165) is 31.4 Å². The van der Waals surface area contributed by atoms with E-state index in [4.69, 9.17) is 4.74 Å². The molecule has 0 heterocycles. The number of carbonyl (C=O) groups excluding carboxylic acids is 2. The third kappa shape index (κ3) is 11.9. The normalized spacial score (nSPS) is 10.8. The first kappa shape index (κ1) is 26.1. The zero-order valence-corrected chi connectivity index (χ0v) is 18.3. The van der Waals surface area contributed by atoms with Crippen molar-refractivity contribution in [1.82, 2.24) is 5.32 Å². The zero-order valence-electron chi connectivity index (χ0n) is 18.3. The topological polar surface area (TPSA) is 55.4 Å². The van der Waals surface area contributed by atoms with Gasteiger partial charge in [-0.05, 0) is 18.6 Å². The quantitative estimate of drug-likeness (QED) is 0.234. The average Bonchev–Trinajstić information content (AvgIpc) is 2.71. The predicted octanol–water partition coefficient (Wildman–Crippen LogP) is 6.33. The summed E-state index contributed by atoms with van der Waals surface area (Å²) >= 11 is 0. The minimum atomic E-state index is -0.929. The molecule has 0 aliphatic rings. The molecule has 30 heavy (non-hydrogen) atoms.